The second-order valence-electron chi connectivity index (χ2n) is 2.38. The van der Waals surface area contributed by atoms with Crippen molar-refractivity contribution in [3.63, 3.8) is 0 Å². The molecule has 4 nitrogen and oxygen atoms in total. The van der Waals surface area contributed by atoms with Crippen LogP contribution in [0.5, 0.6) is 0 Å². The van der Waals surface area contributed by atoms with Crippen molar-refractivity contribution in [3.8, 4) is 0 Å². The number of hydrogen-bond acceptors (Lipinski definition) is 3. The van der Waals surface area contributed by atoms with Crippen LogP contribution < -0.4 is 57.1 Å². The summed E-state index contributed by atoms with van der Waals surface area (Å²) in [5, 5.41) is 0. The van der Waals surface area contributed by atoms with Crippen molar-refractivity contribution < 1.29 is 60.9 Å². The van der Waals surface area contributed by atoms with E-state index in [-0.39, 0.29) is 57.4 Å². The van der Waals surface area contributed by atoms with Crippen molar-refractivity contribution in [1.29, 1.82) is 0 Å². The molecule has 66 valence electrons. The SMILES string of the molecule is COC(=O)C(N)CCCC[NH-].[K+]. The molecule has 0 radical (unpaired) electrons. The third kappa shape index (κ3) is 7.66. The maximum atomic E-state index is 10.7. The van der Waals surface area contributed by atoms with Crippen LogP contribution in [0.2, 0.25) is 0 Å². The summed E-state index contributed by atoms with van der Waals surface area (Å²) >= 11 is 0. The van der Waals surface area contributed by atoms with Gasteiger partial charge in [-0.3, -0.25) is 4.79 Å². The van der Waals surface area contributed by atoms with E-state index in [1.807, 2.05) is 0 Å². The third-order valence-corrected chi connectivity index (χ3v) is 1.45. The van der Waals surface area contributed by atoms with E-state index < -0.39 is 6.04 Å². The van der Waals surface area contributed by atoms with Gasteiger partial charge in [-0.25, -0.2) is 0 Å². The Morgan fingerprint density at radius 1 is 1.58 bits per heavy atom. The summed E-state index contributed by atoms with van der Waals surface area (Å²) in [6.07, 6.45) is 2.23. The number of rotatable bonds is 5. The van der Waals surface area contributed by atoms with Crippen molar-refractivity contribution in [1.82, 2.24) is 0 Å². The van der Waals surface area contributed by atoms with Crippen LogP contribution in [0.1, 0.15) is 19.3 Å². The van der Waals surface area contributed by atoms with Crippen LogP contribution in [0.25, 0.3) is 5.73 Å². The van der Waals surface area contributed by atoms with Crippen LogP contribution in [0.15, 0.2) is 0 Å². The predicted molar refractivity (Wildman–Crippen MR) is 43.0 cm³/mol. The molecule has 0 amide bonds. The Labute approximate surface area is 116 Å². The van der Waals surface area contributed by atoms with Gasteiger partial charge in [0.05, 0.1) is 7.11 Å². The normalized spacial score (nSPS) is 11.6. The fourth-order valence-corrected chi connectivity index (χ4v) is 0.758. The molecule has 0 fully saturated rings. The molecule has 0 aliphatic rings. The second-order valence-corrected chi connectivity index (χ2v) is 2.38. The summed E-state index contributed by atoms with van der Waals surface area (Å²) in [5.74, 6) is -0.366. The van der Waals surface area contributed by atoms with Gasteiger partial charge in [0.25, 0.3) is 0 Å². The monoisotopic (exact) mass is 198 g/mol. The van der Waals surface area contributed by atoms with Gasteiger partial charge >= 0.3 is 57.4 Å². The molecule has 0 aliphatic heterocycles. The zero-order valence-electron chi connectivity index (χ0n) is 7.80. The van der Waals surface area contributed by atoms with Gasteiger partial charge in [0.1, 0.15) is 6.04 Å². The average Bonchev–Trinajstić information content (AvgIpc) is 2.03. The molecular formula is C7H15KN2O2. The molecule has 0 aromatic carbocycles. The number of hydrogen-bond donors (Lipinski definition) is 1. The van der Waals surface area contributed by atoms with Gasteiger partial charge in [0.15, 0.2) is 0 Å². The molecule has 0 spiro atoms. The molecule has 3 N–H and O–H groups in total. The molecule has 12 heavy (non-hydrogen) atoms. The summed E-state index contributed by atoms with van der Waals surface area (Å²) in [4.78, 5) is 10.7. The maximum Gasteiger partial charge on any atom is 1.00 e. The molecule has 0 aromatic rings. The summed E-state index contributed by atoms with van der Waals surface area (Å²) in [7, 11) is 1.33. The van der Waals surface area contributed by atoms with Crippen molar-refractivity contribution in [2.75, 3.05) is 13.7 Å². The average molecular weight is 198 g/mol. The van der Waals surface area contributed by atoms with Crippen molar-refractivity contribution in [3.05, 3.63) is 5.73 Å². The number of unbranched alkanes of at least 4 members (excludes halogenated alkanes) is 1. The van der Waals surface area contributed by atoms with Crippen LogP contribution in [0.4, 0.5) is 0 Å². The van der Waals surface area contributed by atoms with E-state index in [0.29, 0.717) is 13.0 Å². The van der Waals surface area contributed by atoms with E-state index in [0.717, 1.165) is 12.8 Å². The molecule has 0 aliphatic carbocycles. The van der Waals surface area contributed by atoms with Gasteiger partial charge in [0, 0.05) is 0 Å². The summed E-state index contributed by atoms with van der Waals surface area (Å²) in [6.45, 7) is 0.397. The Morgan fingerprint density at radius 3 is 2.58 bits per heavy atom. The molecule has 0 aromatic heterocycles. The molecule has 1 unspecified atom stereocenters. The van der Waals surface area contributed by atoms with Gasteiger partial charge < -0.3 is 16.2 Å². The maximum absolute atomic E-state index is 10.7. The smallest absolute Gasteiger partial charge is 0.677 e. The van der Waals surface area contributed by atoms with Crippen LogP contribution in [-0.2, 0) is 9.53 Å². The van der Waals surface area contributed by atoms with Crippen molar-refractivity contribution in [2.24, 2.45) is 5.73 Å². The van der Waals surface area contributed by atoms with Gasteiger partial charge in [-0.2, -0.15) is 6.54 Å². The summed E-state index contributed by atoms with van der Waals surface area (Å²) in [6, 6.07) is -0.508. The van der Waals surface area contributed by atoms with Gasteiger partial charge in [-0.1, -0.05) is 12.8 Å². The number of nitrogens with two attached hydrogens (primary N) is 1. The first kappa shape index (κ1) is 15.5. The number of carbonyl (C=O) groups excluding carboxylic acids is 1. The third-order valence-electron chi connectivity index (χ3n) is 1.45. The van der Waals surface area contributed by atoms with E-state index in [9.17, 15) is 4.79 Å². The minimum Gasteiger partial charge on any atom is -0.677 e. The van der Waals surface area contributed by atoms with Crippen molar-refractivity contribution >= 4 is 5.97 Å². The van der Waals surface area contributed by atoms with Crippen molar-refractivity contribution in [2.45, 2.75) is 25.3 Å². The number of nitrogens with one attached hydrogen (secondary N) is 1. The number of methoxy groups -OCH3 is 1. The molecule has 0 bridgehead atoms. The summed E-state index contributed by atoms with van der Waals surface area (Å²) < 4.78 is 4.43. The topological polar surface area (TPSA) is 76.1 Å². The number of esters is 1. The van der Waals surface area contributed by atoms with Crippen LogP contribution in [0.3, 0.4) is 0 Å². The van der Waals surface area contributed by atoms with Crippen LogP contribution in [-0.4, -0.2) is 25.7 Å². The Bertz CT molecular complexity index is 122. The first-order valence-corrected chi connectivity index (χ1v) is 3.70. The Hall–Kier alpha value is 1.03. The Balaban J connectivity index is 0. The standard InChI is InChI=1S/C7H15N2O2.K/c1-11-7(10)6(9)4-2-3-5-8;/h6,8H,2-5,9H2,1H3;/q-1;+1. The van der Waals surface area contributed by atoms with Gasteiger partial charge in [-0.15, -0.1) is 0 Å². The van der Waals surface area contributed by atoms with E-state index in [1.165, 1.54) is 7.11 Å². The molecule has 0 saturated heterocycles. The van der Waals surface area contributed by atoms with Crippen LogP contribution in [0, 0.1) is 0 Å². The van der Waals surface area contributed by atoms with E-state index >= 15 is 0 Å². The predicted octanol–water partition coefficient (Wildman–Crippen LogP) is -2.29. The summed E-state index contributed by atoms with van der Waals surface area (Å²) in [5.41, 5.74) is 12.3. The Morgan fingerprint density at radius 2 is 2.17 bits per heavy atom. The molecule has 0 rings (SSSR count). The molecule has 5 heteroatoms. The molecule has 0 saturated carbocycles. The quantitative estimate of drug-likeness (QED) is 0.307. The fourth-order valence-electron chi connectivity index (χ4n) is 0.758. The molecule has 1 atom stereocenters. The number of ether oxygens (including phenoxy) is 1. The minimum atomic E-state index is -0.508. The van der Waals surface area contributed by atoms with E-state index in [4.69, 9.17) is 11.5 Å². The van der Waals surface area contributed by atoms with Crippen LogP contribution >= 0.6 is 0 Å². The number of carbonyl (C=O) groups is 1. The second kappa shape index (κ2) is 10.1. The fraction of sp³-hybridized carbons (Fsp3) is 0.857. The zero-order valence-corrected chi connectivity index (χ0v) is 10.9. The first-order chi connectivity index (χ1) is 5.22. The largest absolute Gasteiger partial charge is 1.00 e. The van der Waals surface area contributed by atoms with E-state index in [1.54, 1.807) is 0 Å². The van der Waals surface area contributed by atoms with Gasteiger partial charge in [-0.05, 0) is 6.42 Å². The molecule has 0 heterocycles. The zero-order chi connectivity index (χ0) is 8.69. The Kier molecular flexibility index (Phi) is 13.1. The first-order valence-electron chi connectivity index (χ1n) is 3.70. The van der Waals surface area contributed by atoms with E-state index in [2.05, 4.69) is 4.74 Å². The minimum absolute atomic E-state index is 0. The van der Waals surface area contributed by atoms with Gasteiger partial charge in [0.2, 0.25) is 0 Å². The molecular weight excluding hydrogens is 183 g/mol.